The lowest BCUT2D eigenvalue weighted by atomic mass is 9.90. The highest BCUT2D eigenvalue weighted by atomic mass is 16.4. The second-order valence-corrected chi connectivity index (χ2v) is 7.42. The highest BCUT2D eigenvalue weighted by molar-refractivity contribution is 6.00. The van der Waals surface area contributed by atoms with Gasteiger partial charge in [0.25, 0.3) is 6.01 Å². The molecule has 0 unspecified atom stereocenters. The number of hydrogen-bond donors (Lipinski definition) is 3. The predicted octanol–water partition coefficient (Wildman–Crippen LogP) is 2.82. The summed E-state index contributed by atoms with van der Waals surface area (Å²) in [6, 6.07) is 5.68. The van der Waals surface area contributed by atoms with E-state index >= 15 is 0 Å². The summed E-state index contributed by atoms with van der Waals surface area (Å²) in [6.45, 7) is 7.18. The molecule has 0 atom stereocenters. The lowest BCUT2D eigenvalue weighted by Crippen LogP contribution is -2.20. The van der Waals surface area contributed by atoms with Crippen molar-refractivity contribution >= 4 is 39.9 Å². The molecule has 0 fully saturated rings. The smallest absolute Gasteiger partial charge is 0.292 e. The molecule has 4 aromatic rings. The lowest BCUT2D eigenvalue weighted by molar-refractivity contribution is 0.284. The van der Waals surface area contributed by atoms with Crippen LogP contribution in [0.1, 0.15) is 27.2 Å². The minimum Gasteiger partial charge on any atom is -0.424 e. The molecule has 0 spiro atoms. The van der Waals surface area contributed by atoms with Crippen LogP contribution in [-0.2, 0) is 6.54 Å². The van der Waals surface area contributed by atoms with E-state index in [1.54, 1.807) is 0 Å². The van der Waals surface area contributed by atoms with Crippen LogP contribution >= 0.6 is 0 Å². The van der Waals surface area contributed by atoms with E-state index in [0.29, 0.717) is 40.2 Å². The monoisotopic (exact) mass is 366 g/mol. The van der Waals surface area contributed by atoms with Crippen LogP contribution in [0.25, 0.3) is 33.4 Å². The SMILES string of the molecule is CCC(C)(C)Cn1nc(-c2ccc3oc(N)nc3c2)c2c(N)nc(N)nc21. The van der Waals surface area contributed by atoms with Crippen molar-refractivity contribution in [1.82, 2.24) is 24.7 Å². The zero-order valence-electron chi connectivity index (χ0n) is 15.5. The first-order valence-corrected chi connectivity index (χ1v) is 8.73. The molecule has 0 aliphatic heterocycles. The first-order valence-electron chi connectivity index (χ1n) is 8.73. The van der Waals surface area contributed by atoms with Crippen molar-refractivity contribution in [2.45, 2.75) is 33.7 Å². The molecule has 6 N–H and O–H groups in total. The Hall–Kier alpha value is -3.36. The standard InChI is InChI=1S/C18H22N8O/c1-4-18(2,3)8-26-15-12(14(19)23-16(20)24-15)13(25-26)9-5-6-11-10(7-9)22-17(21)27-11/h5-7H,4,8H2,1-3H3,(H2,21,22)(H4,19,20,23,24). The van der Waals surface area contributed by atoms with Gasteiger partial charge < -0.3 is 21.6 Å². The third-order valence-electron chi connectivity index (χ3n) is 4.85. The number of fused-ring (bicyclic) bond motifs is 2. The maximum absolute atomic E-state index is 6.18. The van der Waals surface area contributed by atoms with E-state index in [0.717, 1.165) is 12.0 Å². The highest BCUT2D eigenvalue weighted by Crippen LogP contribution is 2.34. The summed E-state index contributed by atoms with van der Waals surface area (Å²) >= 11 is 0. The van der Waals surface area contributed by atoms with Crippen LogP contribution in [0.4, 0.5) is 17.8 Å². The molecule has 9 nitrogen and oxygen atoms in total. The zero-order chi connectivity index (χ0) is 19.3. The molecule has 0 bridgehead atoms. The van der Waals surface area contributed by atoms with Crippen molar-refractivity contribution in [2.24, 2.45) is 5.41 Å². The molecule has 0 aliphatic rings. The first-order chi connectivity index (χ1) is 12.8. The second-order valence-electron chi connectivity index (χ2n) is 7.42. The van der Waals surface area contributed by atoms with E-state index in [1.165, 1.54) is 0 Å². The van der Waals surface area contributed by atoms with Crippen molar-refractivity contribution in [2.75, 3.05) is 17.2 Å². The van der Waals surface area contributed by atoms with Gasteiger partial charge in [-0.05, 0) is 30.0 Å². The summed E-state index contributed by atoms with van der Waals surface area (Å²) < 4.78 is 7.20. The Morgan fingerprint density at radius 1 is 1.11 bits per heavy atom. The number of oxazole rings is 1. The first kappa shape index (κ1) is 17.1. The predicted molar refractivity (Wildman–Crippen MR) is 106 cm³/mol. The average Bonchev–Trinajstić information content (AvgIpc) is 3.13. The quantitative estimate of drug-likeness (QED) is 0.499. The molecule has 0 saturated carbocycles. The van der Waals surface area contributed by atoms with E-state index in [2.05, 4.69) is 35.7 Å². The number of nitrogens with zero attached hydrogens (tertiary/aromatic N) is 5. The van der Waals surface area contributed by atoms with Crippen LogP contribution in [0, 0.1) is 5.41 Å². The number of benzene rings is 1. The Morgan fingerprint density at radius 2 is 1.89 bits per heavy atom. The molecule has 9 heteroatoms. The van der Waals surface area contributed by atoms with Crippen LogP contribution in [0.5, 0.6) is 0 Å². The van der Waals surface area contributed by atoms with Crippen molar-refractivity contribution in [3.63, 3.8) is 0 Å². The maximum Gasteiger partial charge on any atom is 0.292 e. The number of nitrogens with two attached hydrogens (primary N) is 3. The van der Waals surface area contributed by atoms with Gasteiger partial charge >= 0.3 is 0 Å². The molecule has 4 rings (SSSR count). The fourth-order valence-electron chi connectivity index (χ4n) is 3.04. The summed E-state index contributed by atoms with van der Waals surface area (Å²) in [4.78, 5) is 12.7. The van der Waals surface area contributed by atoms with Gasteiger partial charge in [-0.15, -0.1) is 0 Å². The second kappa shape index (κ2) is 5.83. The molecule has 0 radical (unpaired) electrons. The Kier molecular flexibility index (Phi) is 3.69. The van der Waals surface area contributed by atoms with Gasteiger partial charge in [-0.3, -0.25) is 0 Å². The Bertz CT molecular complexity index is 1160. The minimum atomic E-state index is 0.0369. The van der Waals surface area contributed by atoms with Crippen molar-refractivity contribution in [1.29, 1.82) is 0 Å². The number of anilines is 3. The minimum absolute atomic E-state index is 0.0369. The lowest BCUT2D eigenvalue weighted by Gasteiger charge is -2.22. The van der Waals surface area contributed by atoms with Crippen molar-refractivity contribution in [3.05, 3.63) is 18.2 Å². The van der Waals surface area contributed by atoms with Gasteiger partial charge in [0.1, 0.15) is 17.0 Å². The van der Waals surface area contributed by atoms with Gasteiger partial charge in [0.05, 0.1) is 5.39 Å². The molecule has 27 heavy (non-hydrogen) atoms. The summed E-state index contributed by atoms with van der Waals surface area (Å²) in [7, 11) is 0. The van der Waals surface area contributed by atoms with Gasteiger partial charge in [0.15, 0.2) is 11.2 Å². The average molecular weight is 366 g/mol. The van der Waals surface area contributed by atoms with Gasteiger partial charge in [-0.25, -0.2) is 4.68 Å². The largest absolute Gasteiger partial charge is 0.424 e. The number of hydrogen-bond acceptors (Lipinski definition) is 8. The Balaban J connectivity index is 1.96. The van der Waals surface area contributed by atoms with E-state index < -0.39 is 0 Å². The zero-order valence-corrected chi connectivity index (χ0v) is 15.5. The fraction of sp³-hybridized carbons (Fsp3) is 0.333. The number of nitrogen functional groups attached to an aromatic ring is 3. The topological polar surface area (TPSA) is 148 Å². The summed E-state index contributed by atoms with van der Waals surface area (Å²) in [5, 5.41) is 5.47. The van der Waals surface area contributed by atoms with Crippen LogP contribution < -0.4 is 17.2 Å². The van der Waals surface area contributed by atoms with Crippen LogP contribution in [0.3, 0.4) is 0 Å². The van der Waals surface area contributed by atoms with Crippen LogP contribution in [-0.4, -0.2) is 24.7 Å². The van der Waals surface area contributed by atoms with E-state index in [-0.39, 0.29) is 17.4 Å². The van der Waals surface area contributed by atoms with Crippen molar-refractivity contribution in [3.8, 4) is 11.3 Å². The Morgan fingerprint density at radius 3 is 2.63 bits per heavy atom. The molecule has 1 aromatic carbocycles. The molecule has 0 amide bonds. The number of aromatic nitrogens is 5. The van der Waals surface area contributed by atoms with E-state index in [9.17, 15) is 0 Å². The molecular weight excluding hydrogens is 344 g/mol. The molecular formula is C18H22N8O. The third-order valence-corrected chi connectivity index (χ3v) is 4.85. The number of rotatable bonds is 4. The van der Waals surface area contributed by atoms with Crippen molar-refractivity contribution < 1.29 is 4.42 Å². The normalized spacial score (nSPS) is 12.3. The molecule has 140 valence electrons. The fourth-order valence-corrected chi connectivity index (χ4v) is 3.04. The molecule has 3 aromatic heterocycles. The summed E-state index contributed by atoms with van der Waals surface area (Å²) in [6.07, 6.45) is 0.990. The molecule has 0 aliphatic carbocycles. The van der Waals surface area contributed by atoms with E-state index in [4.69, 9.17) is 26.7 Å². The van der Waals surface area contributed by atoms with Gasteiger partial charge in [-0.2, -0.15) is 20.1 Å². The van der Waals surface area contributed by atoms with Crippen LogP contribution in [0.2, 0.25) is 0 Å². The van der Waals surface area contributed by atoms with Gasteiger partial charge in [0, 0.05) is 12.1 Å². The Labute approximate surface area is 155 Å². The van der Waals surface area contributed by atoms with Gasteiger partial charge in [0.2, 0.25) is 5.95 Å². The van der Waals surface area contributed by atoms with E-state index in [1.807, 2.05) is 22.9 Å². The maximum atomic E-state index is 6.18. The highest BCUT2D eigenvalue weighted by Gasteiger charge is 2.23. The third kappa shape index (κ3) is 2.90. The summed E-state index contributed by atoms with van der Waals surface area (Å²) in [5.41, 5.74) is 21.1. The molecule has 0 saturated heterocycles. The van der Waals surface area contributed by atoms with Crippen LogP contribution in [0.15, 0.2) is 22.6 Å². The summed E-state index contributed by atoms with van der Waals surface area (Å²) in [5.74, 6) is 0.426. The molecule has 3 heterocycles. The van der Waals surface area contributed by atoms with Gasteiger partial charge in [-0.1, -0.05) is 20.8 Å².